The average molecular weight is 278 g/mol. The van der Waals surface area contributed by atoms with Gasteiger partial charge in [-0.2, -0.15) is 0 Å². The lowest BCUT2D eigenvalue weighted by molar-refractivity contribution is 0.0276. The van der Waals surface area contributed by atoms with Gasteiger partial charge in [0.05, 0.1) is 10.5 Å². The molecule has 0 aliphatic carbocycles. The van der Waals surface area contributed by atoms with Crippen LogP contribution in [0.5, 0.6) is 0 Å². The van der Waals surface area contributed by atoms with E-state index < -0.39 is 15.6 Å². The van der Waals surface area contributed by atoms with E-state index in [2.05, 4.69) is 4.72 Å². The summed E-state index contributed by atoms with van der Waals surface area (Å²) in [6.45, 7) is 3.81. The molecule has 0 saturated carbocycles. The number of rotatable bonds is 5. The van der Waals surface area contributed by atoms with Gasteiger partial charge in [0.2, 0.25) is 10.0 Å². The van der Waals surface area contributed by atoms with Crippen molar-refractivity contribution in [2.24, 2.45) is 0 Å². The van der Waals surface area contributed by atoms with E-state index >= 15 is 0 Å². The molecule has 0 atom stereocenters. The van der Waals surface area contributed by atoms with Crippen molar-refractivity contribution in [3.05, 3.63) is 29.3 Å². The summed E-state index contributed by atoms with van der Waals surface area (Å²) in [6.07, 6.45) is 0. The predicted octanol–water partition coefficient (Wildman–Crippen LogP) is 2.04. The molecule has 0 bridgehead atoms. The standard InChI is InChI=1S/C11H16ClNO3S/c1-11(2,16-3)8-13-17(14,15)10-6-4-9(12)5-7-10/h4-7,13H,8H2,1-3H3. The molecule has 0 saturated heterocycles. The number of ether oxygens (including phenoxy) is 1. The van der Waals surface area contributed by atoms with E-state index in [1.54, 1.807) is 13.8 Å². The third kappa shape index (κ3) is 4.27. The van der Waals surface area contributed by atoms with Gasteiger partial charge in [0.15, 0.2) is 0 Å². The summed E-state index contributed by atoms with van der Waals surface area (Å²) >= 11 is 5.70. The molecule has 0 heterocycles. The van der Waals surface area contributed by atoms with Crippen LogP contribution in [0.1, 0.15) is 13.8 Å². The second-order valence-electron chi connectivity index (χ2n) is 4.24. The molecule has 0 aliphatic heterocycles. The topological polar surface area (TPSA) is 55.4 Å². The van der Waals surface area contributed by atoms with Gasteiger partial charge in [-0.1, -0.05) is 11.6 Å². The highest BCUT2D eigenvalue weighted by Crippen LogP contribution is 2.14. The van der Waals surface area contributed by atoms with Crippen LogP contribution in [0.3, 0.4) is 0 Å². The van der Waals surface area contributed by atoms with Gasteiger partial charge in [0.1, 0.15) is 0 Å². The van der Waals surface area contributed by atoms with Crippen LogP contribution in [0.25, 0.3) is 0 Å². The van der Waals surface area contributed by atoms with Gasteiger partial charge in [-0.3, -0.25) is 0 Å². The molecule has 0 fully saturated rings. The molecule has 0 unspecified atom stereocenters. The monoisotopic (exact) mass is 277 g/mol. The summed E-state index contributed by atoms with van der Waals surface area (Å²) in [5.74, 6) is 0. The molecule has 17 heavy (non-hydrogen) atoms. The van der Waals surface area contributed by atoms with Crippen LogP contribution < -0.4 is 4.72 Å². The molecule has 1 aromatic carbocycles. The Balaban J connectivity index is 2.79. The van der Waals surface area contributed by atoms with Crippen molar-refractivity contribution in [3.8, 4) is 0 Å². The first-order valence-corrected chi connectivity index (χ1v) is 6.93. The van der Waals surface area contributed by atoms with Crippen molar-refractivity contribution in [3.63, 3.8) is 0 Å². The first kappa shape index (κ1) is 14.4. The van der Waals surface area contributed by atoms with E-state index in [9.17, 15) is 8.42 Å². The molecule has 0 aliphatic rings. The average Bonchev–Trinajstić information content (AvgIpc) is 2.27. The summed E-state index contributed by atoms with van der Waals surface area (Å²) in [6, 6.07) is 6.00. The van der Waals surface area contributed by atoms with Crippen LogP contribution in [0.2, 0.25) is 5.02 Å². The number of sulfonamides is 1. The quantitative estimate of drug-likeness (QED) is 0.896. The highest BCUT2D eigenvalue weighted by Gasteiger charge is 2.21. The highest BCUT2D eigenvalue weighted by molar-refractivity contribution is 7.89. The Hall–Kier alpha value is -0.620. The zero-order chi connectivity index (χ0) is 13.1. The smallest absolute Gasteiger partial charge is 0.240 e. The SMILES string of the molecule is COC(C)(C)CNS(=O)(=O)c1ccc(Cl)cc1. The van der Waals surface area contributed by atoms with Gasteiger partial charge in [-0.15, -0.1) is 0 Å². The Labute approximate surface area is 107 Å². The van der Waals surface area contributed by atoms with Crippen molar-refractivity contribution >= 4 is 21.6 Å². The summed E-state index contributed by atoms with van der Waals surface area (Å²) in [5.41, 5.74) is -0.542. The van der Waals surface area contributed by atoms with E-state index in [4.69, 9.17) is 16.3 Å². The first-order chi connectivity index (χ1) is 7.77. The Morgan fingerprint density at radius 2 is 1.82 bits per heavy atom. The normalized spacial score (nSPS) is 12.7. The van der Waals surface area contributed by atoms with E-state index in [1.807, 2.05) is 0 Å². The lowest BCUT2D eigenvalue weighted by Crippen LogP contribution is -2.39. The van der Waals surface area contributed by atoms with E-state index in [0.717, 1.165) is 0 Å². The van der Waals surface area contributed by atoms with Crippen LogP contribution in [0.15, 0.2) is 29.2 Å². The van der Waals surface area contributed by atoms with Crippen LogP contribution in [-0.2, 0) is 14.8 Å². The van der Waals surface area contributed by atoms with Crippen LogP contribution >= 0.6 is 11.6 Å². The van der Waals surface area contributed by atoms with Gasteiger partial charge in [-0.05, 0) is 38.1 Å². The molecule has 0 radical (unpaired) electrons. The van der Waals surface area contributed by atoms with E-state index in [0.29, 0.717) is 5.02 Å². The van der Waals surface area contributed by atoms with E-state index in [1.165, 1.54) is 31.4 Å². The van der Waals surface area contributed by atoms with Crippen molar-refractivity contribution in [2.45, 2.75) is 24.3 Å². The van der Waals surface area contributed by atoms with Crippen molar-refractivity contribution in [2.75, 3.05) is 13.7 Å². The van der Waals surface area contributed by atoms with E-state index in [-0.39, 0.29) is 11.4 Å². The molecule has 0 amide bonds. The number of nitrogens with one attached hydrogen (secondary N) is 1. The number of halogens is 1. The highest BCUT2D eigenvalue weighted by atomic mass is 35.5. The summed E-state index contributed by atoms with van der Waals surface area (Å²) in [5, 5.41) is 0.501. The summed E-state index contributed by atoms with van der Waals surface area (Å²) in [4.78, 5) is 0.189. The second kappa shape index (κ2) is 5.35. The fourth-order valence-electron chi connectivity index (χ4n) is 1.04. The predicted molar refractivity (Wildman–Crippen MR) is 67.7 cm³/mol. The molecule has 0 aromatic heterocycles. The Morgan fingerprint density at radius 1 is 1.29 bits per heavy atom. The third-order valence-electron chi connectivity index (χ3n) is 2.36. The van der Waals surface area contributed by atoms with Crippen molar-refractivity contribution in [1.29, 1.82) is 0 Å². The van der Waals surface area contributed by atoms with Crippen LogP contribution in [0.4, 0.5) is 0 Å². The minimum atomic E-state index is -3.51. The van der Waals surface area contributed by atoms with Gasteiger partial charge < -0.3 is 4.74 Å². The maximum atomic E-state index is 11.9. The van der Waals surface area contributed by atoms with Gasteiger partial charge in [0.25, 0.3) is 0 Å². The van der Waals surface area contributed by atoms with Gasteiger partial charge >= 0.3 is 0 Å². The van der Waals surface area contributed by atoms with Gasteiger partial charge in [0, 0.05) is 18.7 Å². The Kier molecular flexibility index (Phi) is 4.55. The Bertz CT molecular complexity index is 468. The maximum Gasteiger partial charge on any atom is 0.240 e. The lowest BCUT2D eigenvalue weighted by Gasteiger charge is -2.23. The molecule has 1 aromatic rings. The first-order valence-electron chi connectivity index (χ1n) is 5.07. The second-order valence-corrected chi connectivity index (χ2v) is 6.45. The summed E-state index contributed by atoms with van der Waals surface area (Å²) in [7, 11) is -1.97. The van der Waals surface area contributed by atoms with Crippen LogP contribution in [-0.4, -0.2) is 27.7 Å². The molecule has 4 nitrogen and oxygen atoms in total. The number of benzene rings is 1. The zero-order valence-corrected chi connectivity index (χ0v) is 11.6. The fourth-order valence-corrected chi connectivity index (χ4v) is 2.36. The number of methoxy groups -OCH3 is 1. The molecular formula is C11H16ClNO3S. The van der Waals surface area contributed by atoms with Gasteiger partial charge in [-0.25, -0.2) is 13.1 Å². The molecule has 1 rings (SSSR count). The third-order valence-corrected chi connectivity index (χ3v) is 4.03. The van der Waals surface area contributed by atoms with Crippen molar-refractivity contribution < 1.29 is 13.2 Å². The molecular weight excluding hydrogens is 262 g/mol. The largest absolute Gasteiger partial charge is 0.377 e. The van der Waals surface area contributed by atoms with Crippen molar-refractivity contribution in [1.82, 2.24) is 4.72 Å². The lowest BCUT2D eigenvalue weighted by atomic mass is 10.1. The molecule has 1 N–H and O–H groups in total. The number of hydrogen-bond donors (Lipinski definition) is 1. The Morgan fingerprint density at radius 3 is 2.29 bits per heavy atom. The number of hydrogen-bond acceptors (Lipinski definition) is 3. The fraction of sp³-hybridized carbons (Fsp3) is 0.455. The zero-order valence-electron chi connectivity index (χ0n) is 10.0. The molecule has 0 spiro atoms. The van der Waals surface area contributed by atoms with Crippen LogP contribution in [0, 0.1) is 0 Å². The summed E-state index contributed by atoms with van der Waals surface area (Å²) < 4.78 is 31.4. The molecule has 6 heteroatoms. The minimum Gasteiger partial charge on any atom is -0.377 e. The maximum absolute atomic E-state index is 11.9. The molecule has 96 valence electrons. The minimum absolute atomic E-state index is 0.189.